The molecule has 0 aliphatic rings. The second-order valence-corrected chi connectivity index (χ2v) is 6.70. The van der Waals surface area contributed by atoms with E-state index < -0.39 is 0 Å². The number of aryl methyl sites for hydroxylation is 1. The molecule has 0 spiro atoms. The summed E-state index contributed by atoms with van der Waals surface area (Å²) in [6, 6.07) is 0.308. The molecule has 0 radical (unpaired) electrons. The van der Waals surface area contributed by atoms with Gasteiger partial charge in [0.25, 0.3) is 0 Å². The standard InChI is InChI=1S/C15H26N6/c1-11(2)21-14(17-10-19-21)9-20-12(3)16-7-13(20)8-18-15(4,5)6/h7,10-11,18H,8-9H2,1-6H3. The van der Waals surface area contributed by atoms with Gasteiger partial charge in [-0.15, -0.1) is 0 Å². The summed E-state index contributed by atoms with van der Waals surface area (Å²) in [6.45, 7) is 14.2. The fourth-order valence-corrected chi connectivity index (χ4v) is 2.19. The fourth-order valence-electron chi connectivity index (χ4n) is 2.19. The smallest absolute Gasteiger partial charge is 0.147 e. The monoisotopic (exact) mass is 290 g/mol. The average molecular weight is 290 g/mol. The number of aromatic nitrogens is 5. The first-order valence-electron chi connectivity index (χ1n) is 7.42. The molecule has 0 saturated heterocycles. The first-order valence-corrected chi connectivity index (χ1v) is 7.42. The predicted octanol–water partition coefficient (Wildman–Crippen LogP) is 2.30. The second-order valence-electron chi connectivity index (χ2n) is 6.70. The minimum atomic E-state index is 0.0843. The van der Waals surface area contributed by atoms with E-state index in [1.54, 1.807) is 6.33 Å². The molecular formula is C15H26N6. The van der Waals surface area contributed by atoms with Gasteiger partial charge in [-0.2, -0.15) is 5.10 Å². The van der Waals surface area contributed by atoms with Crippen LogP contribution in [0.3, 0.4) is 0 Å². The lowest BCUT2D eigenvalue weighted by Crippen LogP contribution is -2.35. The van der Waals surface area contributed by atoms with Crippen molar-refractivity contribution in [2.75, 3.05) is 0 Å². The van der Waals surface area contributed by atoms with Crippen molar-refractivity contribution in [3.63, 3.8) is 0 Å². The molecule has 6 nitrogen and oxygen atoms in total. The second kappa shape index (κ2) is 5.97. The maximum Gasteiger partial charge on any atom is 0.147 e. The molecular weight excluding hydrogens is 264 g/mol. The van der Waals surface area contributed by atoms with Crippen LogP contribution < -0.4 is 5.32 Å². The van der Waals surface area contributed by atoms with Crippen LogP contribution >= 0.6 is 0 Å². The zero-order chi connectivity index (χ0) is 15.6. The molecule has 6 heteroatoms. The molecule has 2 heterocycles. The van der Waals surface area contributed by atoms with E-state index >= 15 is 0 Å². The van der Waals surface area contributed by atoms with Crippen LogP contribution in [0.1, 0.15) is 58.0 Å². The maximum atomic E-state index is 4.44. The SMILES string of the molecule is Cc1ncc(CNC(C)(C)C)n1Cc1ncnn1C(C)C. The van der Waals surface area contributed by atoms with Gasteiger partial charge < -0.3 is 9.88 Å². The highest BCUT2D eigenvalue weighted by molar-refractivity contribution is 5.07. The summed E-state index contributed by atoms with van der Waals surface area (Å²) in [5, 5.41) is 7.80. The molecule has 2 aromatic heterocycles. The summed E-state index contributed by atoms with van der Waals surface area (Å²) >= 11 is 0. The van der Waals surface area contributed by atoms with Crippen molar-refractivity contribution in [1.29, 1.82) is 0 Å². The molecule has 116 valence electrons. The Bertz CT molecular complexity index is 588. The van der Waals surface area contributed by atoms with Crippen molar-refractivity contribution in [3.05, 3.63) is 29.9 Å². The van der Waals surface area contributed by atoms with E-state index in [0.717, 1.165) is 18.2 Å². The average Bonchev–Trinajstić information content (AvgIpc) is 2.95. The van der Waals surface area contributed by atoms with Gasteiger partial charge in [-0.05, 0) is 41.5 Å². The lowest BCUT2D eigenvalue weighted by Gasteiger charge is -2.21. The van der Waals surface area contributed by atoms with Gasteiger partial charge in [0, 0.05) is 24.3 Å². The molecule has 0 atom stereocenters. The van der Waals surface area contributed by atoms with E-state index in [2.05, 4.69) is 59.6 Å². The summed E-state index contributed by atoms with van der Waals surface area (Å²) in [7, 11) is 0. The van der Waals surface area contributed by atoms with Crippen molar-refractivity contribution < 1.29 is 0 Å². The number of imidazole rings is 1. The van der Waals surface area contributed by atoms with Gasteiger partial charge in [-0.1, -0.05) is 0 Å². The van der Waals surface area contributed by atoms with E-state index in [1.807, 2.05) is 17.8 Å². The highest BCUT2D eigenvalue weighted by Gasteiger charge is 2.15. The van der Waals surface area contributed by atoms with Crippen LogP contribution in [0.2, 0.25) is 0 Å². The van der Waals surface area contributed by atoms with E-state index in [0.29, 0.717) is 12.6 Å². The Morgan fingerprint density at radius 3 is 2.57 bits per heavy atom. The van der Waals surface area contributed by atoms with Crippen LogP contribution in [0.25, 0.3) is 0 Å². The van der Waals surface area contributed by atoms with Crippen LogP contribution in [0.5, 0.6) is 0 Å². The third-order valence-corrected chi connectivity index (χ3v) is 3.37. The van der Waals surface area contributed by atoms with E-state index in [9.17, 15) is 0 Å². The van der Waals surface area contributed by atoms with Gasteiger partial charge in [0.05, 0.1) is 12.2 Å². The van der Waals surface area contributed by atoms with Crippen LogP contribution in [-0.2, 0) is 13.1 Å². The maximum absolute atomic E-state index is 4.44. The minimum Gasteiger partial charge on any atom is -0.323 e. The molecule has 0 bridgehead atoms. The summed E-state index contributed by atoms with van der Waals surface area (Å²) in [5.41, 5.74) is 1.25. The van der Waals surface area contributed by atoms with Crippen molar-refractivity contribution in [1.82, 2.24) is 29.6 Å². The lowest BCUT2D eigenvalue weighted by atomic mass is 10.1. The molecule has 0 fully saturated rings. The number of nitrogens with one attached hydrogen (secondary N) is 1. The number of rotatable bonds is 5. The Hall–Kier alpha value is -1.69. The van der Waals surface area contributed by atoms with Gasteiger partial charge in [-0.25, -0.2) is 14.6 Å². The zero-order valence-electron chi connectivity index (χ0n) is 13.9. The Kier molecular flexibility index (Phi) is 4.46. The first kappa shape index (κ1) is 15.7. The van der Waals surface area contributed by atoms with Crippen molar-refractivity contribution >= 4 is 0 Å². The molecule has 0 aliphatic heterocycles. The van der Waals surface area contributed by atoms with E-state index in [4.69, 9.17) is 0 Å². The minimum absolute atomic E-state index is 0.0843. The Balaban J connectivity index is 2.20. The number of hydrogen-bond donors (Lipinski definition) is 1. The van der Waals surface area contributed by atoms with Gasteiger partial charge in [0.15, 0.2) is 0 Å². The molecule has 1 N–H and O–H groups in total. The molecule has 0 aromatic carbocycles. The Morgan fingerprint density at radius 2 is 1.95 bits per heavy atom. The highest BCUT2D eigenvalue weighted by Crippen LogP contribution is 2.12. The van der Waals surface area contributed by atoms with Crippen molar-refractivity contribution in [3.8, 4) is 0 Å². The topological polar surface area (TPSA) is 60.6 Å². The van der Waals surface area contributed by atoms with Gasteiger partial charge in [0.2, 0.25) is 0 Å². The Labute approximate surface area is 126 Å². The summed E-state index contributed by atoms with van der Waals surface area (Å²) in [5.74, 6) is 1.96. The van der Waals surface area contributed by atoms with E-state index in [-0.39, 0.29) is 5.54 Å². The van der Waals surface area contributed by atoms with Gasteiger partial charge in [0.1, 0.15) is 18.0 Å². The molecule has 2 rings (SSSR count). The van der Waals surface area contributed by atoms with Crippen molar-refractivity contribution in [2.45, 2.75) is 66.2 Å². The van der Waals surface area contributed by atoms with E-state index in [1.165, 1.54) is 5.69 Å². The van der Waals surface area contributed by atoms with Crippen LogP contribution in [0, 0.1) is 6.92 Å². The Morgan fingerprint density at radius 1 is 1.24 bits per heavy atom. The largest absolute Gasteiger partial charge is 0.323 e. The summed E-state index contributed by atoms with van der Waals surface area (Å²) in [6.07, 6.45) is 3.55. The molecule has 0 unspecified atom stereocenters. The van der Waals surface area contributed by atoms with Gasteiger partial charge in [-0.3, -0.25) is 0 Å². The zero-order valence-corrected chi connectivity index (χ0v) is 13.9. The molecule has 0 saturated carbocycles. The lowest BCUT2D eigenvalue weighted by molar-refractivity contribution is 0.414. The molecule has 0 amide bonds. The number of nitrogens with zero attached hydrogens (tertiary/aromatic N) is 5. The molecule has 2 aromatic rings. The van der Waals surface area contributed by atoms with Crippen molar-refractivity contribution in [2.24, 2.45) is 0 Å². The third kappa shape index (κ3) is 3.91. The highest BCUT2D eigenvalue weighted by atomic mass is 15.4. The first-order chi connectivity index (χ1) is 9.78. The van der Waals surface area contributed by atoms with Gasteiger partial charge >= 0.3 is 0 Å². The van der Waals surface area contributed by atoms with Crippen LogP contribution in [0.15, 0.2) is 12.5 Å². The molecule has 0 aliphatic carbocycles. The van der Waals surface area contributed by atoms with Crippen LogP contribution in [0.4, 0.5) is 0 Å². The summed E-state index contributed by atoms with van der Waals surface area (Å²) in [4.78, 5) is 8.82. The summed E-state index contributed by atoms with van der Waals surface area (Å²) < 4.78 is 4.15. The predicted molar refractivity (Wildman–Crippen MR) is 83.1 cm³/mol. The van der Waals surface area contributed by atoms with Crippen LogP contribution in [-0.4, -0.2) is 29.9 Å². The quantitative estimate of drug-likeness (QED) is 0.918. The number of hydrogen-bond acceptors (Lipinski definition) is 4. The fraction of sp³-hybridized carbons (Fsp3) is 0.667. The molecule has 21 heavy (non-hydrogen) atoms. The normalized spacial score (nSPS) is 12.3. The third-order valence-electron chi connectivity index (χ3n) is 3.37.